The molecule has 5 heteroatoms. The maximum absolute atomic E-state index is 12.3. The standard InChI is InChI=1S/C20H24N2O3/c1-12-11-15(12)18-8-5-13(25-18)6-9-19(23)21-16-3-2-4-17-14(16)7-10-20(24)22-17/h5,7-8,10,12,15-16H,2-4,6,9,11H2,1H3,(H,21,23)(H,22,24). The van der Waals surface area contributed by atoms with Gasteiger partial charge in [0.2, 0.25) is 11.5 Å². The van der Waals surface area contributed by atoms with Crippen LogP contribution in [0.1, 0.15) is 67.3 Å². The van der Waals surface area contributed by atoms with Crippen LogP contribution in [0.2, 0.25) is 0 Å². The first-order valence-corrected chi connectivity index (χ1v) is 9.20. The summed E-state index contributed by atoms with van der Waals surface area (Å²) in [6.07, 6.45) is 5.00. The number of furan rings is 1. The molecule has 25 heavy (non-hydrogen) atoms. The van der Waals surface area contributed by atoms with E-state index in [1.807, 2.05) is 12.1 Å². The summed E-state index contributed by atoms with van der Waals surface area (Å²) >= 11 is 0. The Morgan fingerprint density at radius 1 is 1.32 bits per heavy atom. The Morgan fingerprint density at radius 2 is 2.16 bits per heavy atom. The van der Waals surface area contributed by atoms with Crippen LogP contribution in [-0.4, -0.2) is 10.9 Å². The summed E-state index contributed by atoms with van der Waals surface area (Å²) in [5.74, 6) is 3.27. The maximum atomic E-state index is 12.3. The molecule has 1 amide bonds. The molecule has 3 unspecified atom stereocenters. The molecule has 132 valence electrons. The van der Waals surface area contributed by atoms with Crippen LogP contribution in [0.5, 0.6) is 0 Å². The molecule has 5 nitrogen and oxygen atoms in total. The van der Waals surface area contributed by atoms with Gasteiger partial charge in [-0.3, -0.25) is 9.59 Å². The van der Waals surface area contributed by atoms with Crippen LogP contribution in [0.25, 0.3) is 0 Å². The third-order valence-corrected chi connectivity index (χ3v) is 5.42. The Kier molecular flexibility index (Phi) is 4.24. The molecule has 0 aromatic carbocycles. The van der Waals surface area contributed by atoms with Gasteiger partial charge in [0, 0.05) is 30.5 Å². The van der Waals surface area contributed by atoms with E-state index < -0.39 is 0 Å². The first-order chi connectivity index (χ1) is 12.1. The molecule has 1 saturated carbocycles. The lowest BCUT2D eigenvalue weighted by molar-refractivity contribution is -0.122. The molecule has 3 atom stereocenters. The summed E-state index contributed by atoms with van der Waals surface area (Å²) in [5.41, 5.74) is 1.92. The fourth-order valence-corrected chi connectivity index (χ4v) is 3.80. The van der Waals surface area contributed by atoms with E-state index in [0.29, 0.717) is 18.8 Å². The summed E-state index contributed by atoms with van der Waals surface area (Å²) in [5, 5.41) is 3.11. The molecule has 0 spiro atoms. The number of H-pyrrole nitrogens is 1. The van der Waals surface area contributed by atoms with E-state index in [1.165, 1.54) is 12.5 Å². The molecular weight excluding hydrogens is 316 g/mol. The van der Waals surface area contributed by atoms with Crippen molar-refractivity contribution in [2.75, 3.05) is 0 Å². The minimum Gasteiger partial charge on any atom is -0.466 e. The van der Waals surface area contributed by atoms with Crippen molar-refractivity contribution in [1.29, 1.82) is 0 Å². The van der Waals surface area contributed by atoms with E-state index in [4.69, 9.17) is 4.42 Å². The van der Waals surface area contributed by atoms with Gasteiger partial charge < -0.3 is 14.7 Å². The normalized spacial score (nSPS) is 24.6. The van der Waals surface area contributed by atoms with Crippen molar-refractivity contribution >= 4 is 5.91 Å². The Bertz CT molecular complexity index is 835. The zero-order valence-corrected chi connectivity index (χ0v) is 14.5. The van der Waals surface area contributed by atoms with Crippen LogP contribution >= 0.6 is 0 Å². The molecular formula is C20H24N2O3. The predicted molar refractivity (Wildman–Crippen MR) is 94.4 cm³/mol. The summed E-state index contributed by atoms with van der Waals surface area (Å²) in [7, 11) is 0. The number of rotatable bonds is 5. The summed E-state index contributed by atoms with van der Waals surface area (Å²) in [6, 6.07) is 7.41. The average Bonchev–Trinajstić information content (AvgIpc) is 3.14. The molecule has 2 aromatic rings. The minimum atomic E-state index is -0.0793. The fourth-order valence-electron chi connectivity index (χ4n) is 3.80. The van der Waals surface area contributed by atoms with Gasteiger partial charge in [0.15, 0.2) is 0 Å². The topological polar surface area (TPSA) is 75.1 Å². The minimum absolute atomic E-state index is 0.00687. The first kappa shape index (κ1) is 16.2. The average molecular weight is 340 g/mol. The van der Waals surface area contributed by atoms with E-state index >= 15 is 0 Å². The van der Waals surface area contributed by atoms with E-state index in [-0.39, 0.29) is 17.5 Å². The number of pyridine rings is 1. The fraction of sp³-hybridized carbons (Fsp3) is 0.500. The molecule has 0 bridgehead atoms. The highest BCUT2D eigenvalue weighted by Crippen LogP contribution is 2.47. The molecule has 2 aliphatic carbocycles. The van der Waals surface area contributed by atoms with E-state index in [9.17, 15) is 9.59 Å². The second-order valence-electron chi connectivity index (χ2n) is 7.39. The van der Waals surface area contributed by atoms with E-state index in [2.05, 4.69) is 23.3 Å². The van der Waals surface area contributed by atoms with Crippen LogP contribution in [0, 0.1) is 5.92 Å². The molecule has 1 fully saturated rings. The highest BCUT2D eigenvalue weighted by molar-refractivity contribution is 5.76. The molecule has 2 aliphatic rings. The van der Waals surface area contributed by atoms with E-state index in [1.54, 1.807) is 0 Å². The van der Waals surface area contributed by atoms with Gasteiger partial charge in [-0.2, -0.15) is 0 Å². The van der Waals surface area contributed by atoms with Crippen LogP contribution in [-0.2, 0) is 17.6 Å². The largest absolute Gasteiger partial charge is 0.466 e. The molecule has 2 N–H and O–H groups in total. The highest BCUT2D eigenvalue weighted by Gasteiger charge is 2.36. The molecule has 0 saturated heterocycles. The lowest BCUT2D eigenvalue weighted by Crippen LogP contribution is -2.32. The van der Waals surface area contributed by atoms with Crippen LogP contribution in [0.4, 0.5) is 0 Å². The van der Waals surface area contributed by atoms with Gasteiger partial charge in [-0.05, 0) is 55.4 Å². The number of aromatic amines is 1. The number of fused-ring (bicyclic) bond motifs is 1. The highest BCUT2D eigenvalue weighted by atomic mass is 16.3. The number of hydrogen-bond donors (Lipinski definition) is 2. The maximum Gasteiger partial charge on any atom is 0.248 e. The lowest BCUT2D eigenvalue weighted by Gasteiger charge is -2.25. The monoisotopic (exact) mass is 340 g/mol. The van der Waals surface area contributed by atoms with Crippen LogP contribution in [0.15, 0.2) is 33.5 Å². The van der Waals surface area contributed by atoms with Crippen molar-refractivity contribution in [2.45, 2.75) is 57.4 Å². The zero-order chi connectivity index (χ0) is 17.4. The van der Waals surface area contributed by atoms with Gasteiger partial charge in [-0.15, -0.1) is 0 Å². The van der Waals surface area contributed by atoms with Gasteiger partial charge in [0.25, 0.3) is 0 Å². The Balaban J connectivity index is 1.34. The van der Waals surface area contributed by atoms with Crippen molar-refractivity contribution in [3.8, 4) is 0 Å². The summed E-state index contributed by atoms with van der Waals surface area (Å²) in [6.45, 7) is 2.23. The molecule has 0 radical (unpaired) electrons. The van der Waals surface area contributed by atoms with Crippen molar-refractivity contribution in [3.05, 3.63) is 57.4 Å². The molecule has 4 rings (SSSR count). The number of aryl methyl sites for hydroxylation is 2. The Hall–Kier alpha value is -2.30. The molecule has 2 aromatic heterocycles. The second kappa shape index (κ2) is 6.54. The van der Waals surface area contributed by atoms with E-state index in [0.717, 1.165) is 48.0 Å². The number of carbonyl (C=O) groups is 1. The van der Waals surface area contributed by atoms with Gasteiger partial charge in [-0.1, -0.05) is 6.92 Å². The van der Waals surface area contributed by atoms with Gasteiger partial charge >= 0.3 is 0 Å². The molecule has 2 heterocycles. The third kappa shape index (κ3) is 3.55. The smallest absolute Gasteiger partial charge is 0.248 e. The van der Waals surface area contributed by atoms with Gasteiger partial charge in [0.05, 0.1) is 6.04 Å². The van der Waals surface area contributed by atoms with Crippen molar-refractivity contribution in [1.82, 2.24) is 10.3 Å². The number of aromatic nitrogens is 1. The van der Waals surface area contributed by atoms with Crippen molar-refractivity contribution in [3.63, 3.8) is 0 Å². The third-order valence-electron chi connectivity index (χ3n) is 5.42. The van der Waals surface area contributed by atoms with Gasteiger partial charge in [-0.25, -0.2) is 0 Å². The first-order valence-electron chi connectivity index (χ1n) is 9.20. The zero-order valence-electron chi connectivity index (χ0n) is 14.5. The SMILES string of the molecule is CC1CC1c1ccc(CCC(=O)NC2CCCc3[nH]c(=O)ccc32)o1. The number of carbonyl (C=O) groups excluding carboxylic acids is 1. The van der Waals surface area contributed by atoms with Crippen LogP contribution < -0.4 is 10.9 Å². The van der Waals surface area contributed by atoms with Crippen molar-refractivity contribution in [2.24, 2.45) is 5.92 Å². The quantitative estimate of drug-likeness (QED) is 0.877. The Labute approximate surface area is 146 Å². The van der Waals surface area contributed by atoms with Crippen LogP contribution in [0.3, 0.4) is 0 Å². The van der Waals surface area contributed by atoms with Crippen molar-refractivity contribution < 1.29 is 9.21 Å². The summed E-state index contributed by atoms with van der Waals surface area (Å²) < 4.78 is 5.87. The predicted octanol–water partition coefficient (Wildman–Crippen LogP) is 3.22. The summed E-state index contributed by atoms with van der Waals surface area (Å²) in [4.78, 5) is 26.7. The number of hydrogen-bond acceptors (Lipinski definition) is 3. The lowest BCUT2D eigenvalue weighted by atomic mass is 9.91. The number of nitrogens with one attached hydrogen (secondary N) is 2. The Morgan fingerprint density at radius 3 is 2.96 bits per heavy atom. The second-order valence-corrected chi connectivity index (χ2v) is 7.39. The van der Waals surface area contributed by atoms with Gasteiger partial charge in [0.1, 0.15) is 11.5 Å². The number of amides is 1. The molecule has 0 aliphatic heterocycles.